The highest BCUT2D eigenvalue weighted by Gasteiger charge is 2.15. The molecule has 0 aliphatic carbocycles. The molecule has 0 saturated carbocycles. The number of anilines is 2. The van der Waals surface area contributed by atoms with Crippen LogP contribution in [-0.4, -0.2) is 19.1 Å². The smallest absolute Gasteiger partial charge is 0.262 e. The topological polar surface area (TPSA) is 59.6 Å². The van der Waals surface area contributed by atoms with E-state index in [0.29, 0.717) is 40.4 Å². The van der Waals surface area contributed by atoms with Crippen LogP contribution < -0.4 is 20.1 Å². The van der Waals surface area contributed by atoms with Gasteiger partial charge in [-0.3, -0.25) is 4.79 Å². The maximum atomic E-state index is 12.4. The first-order chi connectivity index (χ1) is 15.4. The number of rotatable bonds is 9. The number of nitrogens with one attached hydrogen (secondary N) is 2. The van der Waals surface area contributed by atoms with Crippen molar-refractivity contribution >= 4 is 63.1 Å². The molecule has 0 radical (unpaired) electrons. The van der Waals surface area contributed by atoms with Gasteiger partial charge < -0.3 is 20.1 Å². The van der Waals surface area contributed by atoms with E-state index in [4.69, 9.17) is 32.7 Å². The Morgan fingerprint density at radius 2 is 1.81 bits per heavy atom. The monoisotopic (exact) mass is 584 g/mol. The van der Waals surface area contributed by atoms with E-state index in [-0.39, 0.29) is 12.5 Å². The van der Waals surface area contributed by atoms with Crippen LogP contribution in [0.5, 0.6) is 11.5 Å². The summed E-state index contributed by atoms with van der Waals surface area (Å²) in [5.41, 5.74) is 3.43. The van der Waals surface area contributed by atoms with Gasteiger partial charge in [-0.05, 0) is 84.0 Å². The molecule has 3 aromatic rings. The number of benzene rings is 3. The molecule has 3 aromatic carbocycles. The second kappa shape index (κ2) is 11.6. The maximum Gasteiger partial charge on any atom is 0.262 e. The Morgan fingerprint density at radius 1 is 1.03 bits per heavy atom. The highest BCUT2D eigenvalue weighted by atomic mass is 127. The fourth-order valence-electron chi connectivity index (χ4n) is 2.93. The Labute approximate surface area is 211 Å². The summed E-state index contributed by atoms with van der Waals surface area (Å²) in [5, 5.41) is 7.37. The van der Waals surface area contributed by atoms with Crippen molar-refractivity contribution < 1.29 is 14.3 Å². The molecule has 0 atom stereocenters. The number of para-hydroxylation sites is 1. The largest absolute Gasteiger partial charge is 0.490 e. The molecule has 0 aliphatic heterocycles. The van der Waals surface area contributed by atoms with Crippen molar-refractivity contribution in [1.82, 2.24) is 0 Å². The zero-order valence-electron chi connectivity index (χ0n) is 17.7. The van der Waals surface area contributed by atoms with Crippen molar-refractivity contribution in [1.29, 1.82) is 0 Å². The molecule has 2 N–H and O–H groups in total. The summed E-state index contributed by atoms with van der Waals surface area (Å²) >= 11 is 14.5. The van der Waals surface area contributed by atoms with Crippen LogP contribution in [0.4, 0.5) is 11.4 Å². The predicted octanol–water partition coefficient (Wildman–Crippen LogP) is 6.93. The van der Waals surface area contributed by atoms with Crippen molar-refractivity contribution in [2.45, 2.75) is 20.4 Å². The molecule has 32 heavy (non-hydrogen) atoms. The average molecular weight is 585 g/mol. The van der Waals surface area contributed by atoms with Gasteiger partial charge in [0.2, 0.25) is 0 Å². The molecule has 168 valence electrons. The number of amides is 1. The second-order valence-corrected chi connectivity index (χ2v) is 8.95. The number of hydrogen-bond donors (Lipinski definition) is 2. The molecule has 0 saturated heterocycles. The number of halogens is 3. The quantitative estimate of drug-likeness (QED) is 0.268. The third-order valence-corrected chi connectivity index (χ3v) is 6.07. The fourth-order valence-corrected chi connectivity index (χ4v) is 4.14. The third kappa shape index (κ3) is 6.67. The van der Waals surface area contributed by atoms with Crippen LogP contribution >= 0.6 is 45.8 Å². The Bertz CT molecular complexity index is 1110. The lowest BCUT2D eigenvalue weighted by Gasteiger charge is -2.16. The van der Waals surface area contributed by atoms with Crippen molar-refractivity contribution in [3.63, 3.8) is 0 Å². The van der Waals surface area contributed by atoms with Crippen LogP contribution in [0.3, 0.4) is 0 Å². The fraction of sp³-hybridized carbons (Fsp3) is 0.208. The molecule has 0 aliphatic rings. The van der Waals surface area contributed by atoms with E-state index in [1.165, 1.54) is 0 Å². The number of ether oxygens (including phenoxy) is 2. The van der Waals surface area contributed by atoms with Crippen molar-refractivity contribution in [2.75, 3.05) is 23.8 Å². The van der Waals surface area contributed by atoms with Crippen molar-refractivity contribution in [3.8, 4) is 11.5 Å². The van der Waals surface area contributed by atoms with Gasteiger partial charge in [-0.1, -0.05) is 41.4 Å². The summed E-state index contributed by atoms with van der Waals surface area (Å²) in [6, 6.07) is 16.8. The number of aryl methyl sites for hydroxylation is 1. The van der Waals surface area contributed by atoms with Gasteiger partial charge in [-0.2, -0.15) is 0 Å². The molecule has 3 rings (SSSR count). The zero-order valence-corrected chi connectivity index (χ0v) is 21.3. The summed E-state index contributed by atoms with van der Waals surface area (Å²) < 4.78 is 12.5. The molecule has 0 aromatic heterocycles. The zero-order chi connectivity index (χ0) is 23.1. The normalized spacial score (nSPS) is 10.5. The summed E-state index contributed by atoms with van der Waals surface area (Å²) in [6.07, 6.45) is 0. The Morgan fingerprint density at radius 3 is 2.53 bits per heavy atom. The minimum atomic E-state index is -0.285. The van der Waals surface area contributed by atoms with Crippen molar-refractivity contribution in [3.05, 3.63) is 79.3 Å². The molecule has 0 fully saturated rings. The average Bonchev–Trinajstić information content (AvgIpc) is 2.75. The Kier molecular flexibility index (Phi) is 8.90. The summed E-state index contributed by atoms with van der Waals surface area (Å²) in [6.45, 7) is 4.69. The standard InChI is InChI=1S/C24H23Cl2IN2O3/c1-3-31-22-11-16(13-28-21-7-5-4-6-18(21)25)10-20(27)24(22)32-14-23(30)29-17-9-8-15(2)19(26)12-17/h4-12,28H,3,13-14H2,1-2H3,(H,29,30). The summed E-state index contributed by atoms with van der Waals surface area (Å²) in [7, 11) is 0. The Hall–Kier alpha value is -2.16. The van der Waals surface area contributed by atoms with E-state index in [1.807, 2.05) is 56.3 Å². The number of carbonyl (C=O) groups excluding carboxylic acids is 1. The third-order valence-electron chi connectivity index (χ3n) is 4.53. The van der Waals surface area contributed by atoms with Gasteiger partial charge >= 0.3 is 0 Å². The van der Waals surface area contributed by atoms with Crippen LogP contribution in [0.1, 0.15) is 18.1 Å². The molecule has 0 bridgehead atoms. The lowest BCUT2D eigenvalue weighted by atomic mass is 10.2. The van der Waals surface area contributed by atoms with Crippen LogP contribution in [-0.2, 0) is 11.3 Å². The van der Waals surface area contributed by atoms with E-state index in [1.54, 1.807) is 12.1 Å². The van der Waals surface area contributed by atoms with Gasteiger partial charge in [0.15, 0.2) is 18.1 Å². The van der Waals surface area contributed by atoms with E-state index < -0.39 is 0 Å². The minimum Gasteiger partial charge on any atom is -0.490 e. The SMILES string of the molecule is CCOc1cc(CNc2ccccc2Cl)cc(I)c1OCC(=O)Nc1ccc(C)c(Cl)c1. The lowest BCUT2D eigenvalue weighted by molar-refractivity contribution is -0.118. The van der Waals surface area contributed by atoms with E-state index >= 15 is 0 Å². The summed E-state index contributed by atoms with van der Waals surface area (Å²) in [5.74, 6) is 0.834. The van der Waals surface area contributed by atoms with Gasteiger partial charge in [0, 0.05) is 17.3 Å². The van der Waals surface area contributed by atoms with E-state index in [0.717, 1.165) is 20.4 Å². The predicted molar refractivity (Wildman–Crippen MR) is 139 cm³/mol. The van der Waals surface area contributed by atoms with Crippen molar-refractivity contribution in [2.24, 2.45) is 0 Å². The number of carbonyl (C=O) groups is 1. The Balaban J connectivity index is 1.68. The molecular weight excluding hydrogens is 562 g/mol. The van der Waals surface area contributed by atoms with Crippen LogP contribution in [0, 0.1) is 10.5 Å². The van der Waals surface area contributed by atoms with E-state index in [2.05, 4.69) is 33.2 Å². The van der Waals surface area contributed by atoms with Gasteiger partial charge in [0.05, 0.1) is 20.9 Å². The van der Waals surface area contributed by atoms with Gasteiger partial charge in [0.25, 0.3) is 5.91 Å². The van der Waals surface area contributed by atoms with Crippen LogP contribution in [0.2, 0.25) is 10.0 Å². The second-order valence-electron chi connectivity index (χ2n) is 6.97. The van der Waals surface area contributed by atoms with Gasteiger partial charge in [-0.25, -0.2) is 0 Å². The lowest BCUT2D eigenvalue weighted by Crippen LogP contribution is -2.20. The first kappa shape index (κ1) is 24.5. The highest BCUT2D eigenvalue weighted by molar-refractivity contribution is 14.1. The van der Waals surface area contributed by atoms with Crippen LogP contribution in [0.25, 0.3) is 0 Å². The minimum absolute atomic E-state index is 0.154. The molecule has 0 spiro atoms. The molecule has 8 heteroatoms. The first-order valence-corrected chi connectivity index (χ1v) is 11.8. The van der Waals surface area contributed by atoms with Gasteiger partial charge in [0.1, 0.15) is 0 Å². The molecule has 0 heterocycles. The highest BCUT2D eigenvalue weighted by Crippen LogP contribution is 2.35. The van der Waals surface area contributed by atoms with E-state index in [9.17, 15) is 4.79 Å². The van der Waals surface area contributed by atoms with Crippen LogP contribution in [0.15, 0.2) is 54.6 Å². The molecule has 5 nitrogen and oxygen atoms in total. The number of hydrogen-bond acceptors (Lipinski definition) is 4. The summed E-state index contributed by atoms with van der Waals surface area (Å²) in [4.78, 5) is 12.4. The molecule has 1 amide bonds. The maximum absolute atomic E-state index is 12.4. The molecule has 0 unspecified atom stereocenters. The first-order valence-electron chi connectivity index (χ1n) is 9.99. The van der Waals surface area contributed by atoms with Gasteiger partial charge in [-0.15, -0.1) is 0 Å². The molecular formula is C24H23Cl2IN2O3.